The van der Waals surface area contributed by atoms with Gasteiger partial charge in [0.1, 0.15) is 0 Å². The number of benzene rings is 6. The van der Waals surface area contributed by atoms with Gasteiger partial charge in [-0.3, -0.25) is 0 Å². The minimum Gasteiger partial charge on any atom is -0.209 e. The van der Waals surface area contributed by atoms with Crippen LogP contribution < -0.4 is 0 Å². The Morgan fingerprint density at radius 3 is 1.54 bits per heavy atom. The lowest BCUT2D eigenvalue weighted by molar-refractivity contribution is 0.755. The van der Waals surface area contributed by atoms with Crippen LogP contribution in [0.2, 0.25) is 0 Å². The normalized spacial score (nSPS) is 15.8. The highest BCUT2D eigenvalue weighted by Gasteiger charge is 2.46. The lowest BCUT2D eigenvalue weighted by atomic mass is 9.67. The van der Waals surface area contributed by atoms with Crippen molar-refractivity contribution >= 4 is 11.1 Å². The Morgan fingerprint density at radius 2 is 0.960 bits per heavy atom. The fraction of sp³-hybridized carbons (Fsp3) is 0.0851. The quantitative estimate of drug-likeness (QED) is 0.181. The summed E-state index contributed by atoms with van der Waals surface area (Å²) < 4.78 is 0. The summed E-state index contributed by atoms with van der Waals surface area (Å²) in [5.41, 5.74) is 13.0. The molecule has 50 heavy (non-hydrogen) atoms. The highest BCUT2D eigenvalue weighted by Crippen LogP contribution is 2.56. The maximum absolute atomic E-state index is 5.04. The molecule has 3 nitrogen and oxygen atoms in total. The van der Waals surface area contributed by atoms with Gasteiger partial charge in [-0.05, 0) is 62.9 Å². The van der Waals surface area contributed by atoms with E-state index in [9.17, 15) is 0 Å². The Balaban J connectivity index is 1.18. The van der Waals surface area contributed by atoms with E-state index in [1.165, 1.54) is 44.5 Å². The summed E-state index contributed by atoms with van der Waals surface area (Å²) >= 11 is 0. The summed E-state index contributed by atoms with van der Waals surface area (Å²) in [5.74, 6) is 2.32. The van der Waals surface area contributed by atoms with Crippen LogP contribution in [0, 0.1) is 5.92 Å². The number of nitrogens with zero attached hydrogens (tertiary/aromatic N) is 3. The van der Waals surface area contributed by atoms with Crippen molar-refractivity contribution < 1.29 is 0 Å². The second-order valence-corrected chi connectivity index (χ2v) is 13.2. The van der Waals surface area contributed by atoms with E-state index < -0.39 is 5.41 Å². The van der Waals surface area contributed by atoms with Crippen molar-refractivity contribution in [2.45, 2.75) is 18.8 Å². The molecule has 2 aliphatic carbocycles. The summed E-state index contributed by atoms with van der Waals surface area (Å²) in [5, 5.41) is 0. The minimum atomic E-state index is -0.418. The molecule has 2 aliphatic rings. The van der Waals surface area contributed by atoms with Gasteiger partial charge >= 0.3 is 0 Å². The van der Waals surface area contributed by atoms with Gasteiger partial charge in [-0.1, -0.05) is 177 Å². The van der Waals surface area contributed by atoms with Crippen molar-refractivity contribution in [1.82, 2.24) is 15.0 Å². The van der Waals surface area contributed by atoms with Crippen LogP contribution in [-0.2, 0) is 5.41 Å². The molecule has 0 N–H and O–H groups in total. The Morgan fingerprint density at radius 1 is 0.460 bits per heavy atom. The van der Waals surface area contributed by atoms with Crippen LogP contribution >= 0.6 is 0 Å². The van der Waals surface area contributed by atoms with Gasteiger partial charge < -0.3 is 0 Å². The van der Waals surface area contributed by atoms with Gasteiger partial charge in [-0.25, -0.2) is 15.0 Å². The molecular weight excluding hydrogens is 607 g/mol. The van der Waals surface area contributed by atoms with Gasteiger partial charge in [0.05, 0.1) is 5.41 Å². The molecular formula is C47H35N3. The van der Waals surface area contributed by atoms with E-state index in [-0.39, 0.29) is 5.92 Å². The predicted octanol–water partition coefficient (Wildman–Crippen LogP) is 11.1. The van der Waals surface area contributed by atoms with E-state index in [0.29, 0.717) is 11.6 Å². The number of rotatable bonds is 6. The number of hydrogen-bond acceptors (Lipinski definition) is 3. The van der Waals surface area contributed by atoms with E-state index in [2.05, 4.69) is 146 Å². The molecule has 6 aromatic carbocycles. The summed E-state index contributed by atoms with van der Waals surface area (Å²) in [6, 6.07) is 58.4. The SMILES string of the molecule is CC1CC(c2ccc3c(c2)C(c2ccccc2)(c2ccccc2)c2ccccc2-3)=CC=C1c1nc(-c2ccccc2)nc(-c2ccccc2)n1. The lowest BCUT2D eigenvalue weighted by Crippen LogP contribution is -2.28. The summed E-state index contributed by atoms with van der Waals surface area (Å²) in [7, 11) is 0. The Hall–Kier alpha value is -6.19. The van der Waals surface area contributed by atoms with E-state index >= 15 is 0 Å². The predicted molar refractivity (Wildman–Crippen MR) is 204 cm³/mol. The Labute approximate surface area is 293 Å². The van der Waals surface area contributed by atoms with Crippen molar-refractivity contribution in [2.75, 3.05) is 0 Å². The third-order valence-corrected chi connectivity index (χ3v) is 10.3. The van der Waals surface area contributed by atoms with Gasteiger partial charge in [0.25, 0.3) is 0 Å². The Kier molecular flexibility index (Phi) is 7.39. The minimum absolute atomic E-state index is 0.211. The molecule has 1 atom stereocenters. The molecule has 3 heteroatoms. The third kappa shape index (κ3) is 4.93. The molecule has 238 valence electrons. The fourth-order valence-corrected chi connectivity index (χ4v) is 7.95. The van der Waals surface area contributed by atoms with Crippen molar-refractivity contribution in [3.05, 3.63) is 210 Å². The number of fused-ring (bicyclic) bond motifs is 3. The van der Waals surface area contributed by atoms with Crippen molar-refractivity contribution in [3.8, 4) is 33.9 Å². The molecule has 0 amide bonds. The topological polar surface area (TPSA) is 38.7 Å². The number of hydrogen-bond donors (Lipinski definition) is 0. The van der Waals surface area contributed by atoms with Crippen molar-refractivity contribution in [1.29, 1.82) is 0 Å². The summed E-state index contributed by atoms with van der Waals surface area (Å²) in [6.07, 6.45) is 5.39. The van der Waals surface area contributed by atoms with Crippen LogP contribution in [-0.4, -0.2) is 15.0 Å². The maximum Gasteiger partial charge on any atom is 0.164 e. The van der Waals surface area contributed by atoms with E-state index in [1.807, 2.05) is 36.4 Å². The molecule has 0 fully saturated rings. The van der Waals surface area contributed by atoms with E-state index in [1.54, 1.807) is 0 Å². The molecule has 1 unspecified atom stereocenters. The second kappa shape index (κ2) is 12.4. The van der Waals surface area contributed by atoms with Crippen LogP contribution in [0.1, 0.15) is 47.0 Å². The average molecular weight is 642 g/mol. The molecule has 0 saturated carbocycles. The largest absolute Gasteiger partial charge is 0.209 e. The van der Waals surface area contributed by atoms with Gasteiger partial charge in [0, 0.05) is 16.7 Å². The van der Waals surface area contributed by atoms with Gasteiger partial charge in [0.15, 0.2) is 17.5 Å². The zero-order valence-corrected chi connectivity index (χ0v) is 27.9. The first kappa shape index (κ1) is 29.9. The molecule has 0 radical (unpaired) electrons. The summed E-state index contributed by atoms with van der Waals surface area (Å²) in [4.78, 5) is 15.0. The first-order valence-electron chi connectivity index (χ1n) is 17.3. The van der Waals surface area contributed by atoms with Gasteiger partial charge in [-0.2, -0.15) is 0 Å². The standard InChI is InChI=1S/C47H35N3/c1-32-30-35(26-28-39(32)46-49-44(33-16-6-2-7-17-33)48-45(50-46)34-18-8-3-9-19-34)36-27-29-41-40-24-14-15-25-42(40)47(43(41)31-36,37-20-10-4-11-21-37)38-22-12-5-13-23-38/h2-29,31-32H,30H2,1H3. The third-order valence-electron chi connectivity index (χ3n) is 10.3. The Bertz CT molecular complexity index is 2300. The molecule has 1 aromatic heterocycles. The monoisotopic (exact) mass is 641 g/mol. The zero-order chi connectivity index (χ0) is 33.5. The van der Waals surface area contributed by atoms with Crippen molar-refractivity contribution in [2.24, 2.45) is 5.92 Å². The lowest BCUT2D eigenvalue weighted by Gasteiger charge is -2.34. The zero-order valence-electron chi connectivity index (χ0n) is 27.9. The van der Waals surface area contributed by atoms with E-state index in [0.717, 1.165) is 28.9 Å². The summed E-state index contributed by atoms with van der Waals surface area (Å²) in [6.45, 7) is 2.29. The average Bonchev–Trinajstić information content (AvgIpc) is 3.49. The molecule has 7 aromatic rings. The molecule has 0 spiro atoms. The van der Waals surface area contributed by atoms with Crippen LogP contribution in [0.4, 0.5) is 0 Å². The molecule has 0 saturated heterocycles. The number of aromatic nitrogens is 3. The molecule has 1 heterocycles. The van der Waals surface area contributed by atoms with Crippen LogP contribution in [0.25, 0.3) is 45.0 Å². The molecule has 0 aliphatic heterocycles. The fourth-order valence-electron chi connectivity index (χ4n) is 7.95. The first-order chi connectivity index (χ1) is 24.7. The van der Waals surface area contributed by atoms with Crippen molar-refractivity contribution in [3.63, 3.8) is 0 Å². The van der Waals surface area contributed by atoms with Gasteiger partial charge in [-0.15, -0.1) is 0 Å². The number of allylic oxidation sites excluding steroid dienone is 4. The first-order valence-corrected chi connectivity index (χ1v) is 17.3. The van der Waals surface area contributed by atoms with Crippen LogP contribution in [0.15, 0.2) is 176 Å². The van der Waals surface area contributed by atoms with E-state index in [4.69, 9.17) is 15.0 Å². The van der Waals surface area contributed by atoms with Gasteiger partial charge in [0.2, 0.25) is 0 Å². The maximum atomic E-state index is 5.04. The highest BCUT2D eigenvalue weighted by molar-refractivity contribution is 5.88. The molecule has 0 bridgehead atoms. The highest BCUT2D eigenvalue weighted by atomic mass is 15.0. The molecule has 9 rings (SSSR count). The second-order valence-electron chi connectivity index (χ2n) is 13.2. The van der Waals surface area contributed by atoms with Crippen LogP contribution in [0.3, 0.4) is 0 Å². The van der Waals surface area contributed by atoms with Crippen LogP contribution in [0.5, 0.6) is 0 Å². The smallest absolute Gasteiger partial charge is 0.164 e.